The lowest BCUT2D eigenvalue weighted by atomic mass is 9.82. The summed E-state index contributed by atoms with van der Waals surface area (Å²) in [5, 5.41) is 29.3. The molecule has 19 heteroatoms. The molecule has 0 unspecified atom stereocenters. The highest BCUT2D eigenvalue weighted by atomic mass is 35.5. The molecule has 0 saturated carbocycles. The summed E-state index contributed by atoms with van der Waals surface area (Å²) in [6, 6.07) is 27.0. The fraction of sp³-hybridized carbons (Fsp3) is 0.385. The second-order valence-electron chi connectivity index (χ2n) is 22.8. The maximum Gasteiger partial charge on any atom is 0.336 e. The monoisotopic (exact) mass is 1150 g/mol. The number of aromatic amines is 1. The molecule has 5 N–H and O–H groups in total. The van der Waals surface area contributed by atoms with Crippen LogP contribution in [-0.2, 0) is 44.7 Å². The van der Waals surface area contributed by atoms with Crippen LogP contribution in [0.5, 0.6) is 23.3 Å². The van der Waals surface area contributed by atoms with E-state index in [0.717, 1.165) is 135 Å². The number of ether oxygens (including phenoxy) is 6. The van der Waals surface area contributed by atoms with Gasteiger partial charge in [0, 0.05) is 76.8 Å². The van der Waals surface area contributed by atoms with E-state index in [9.17, 15) is 24.6 Å². The molecule has 84 heavy (non-hydrogen) atoms. The maximum atomic E-state index is 14.0. The van der Waals surface area contributed by atoms with Crippen molar-refractivity contribution in [2.75, 3.05) is 77.2 Å². The van der Waals surface area contributed by atoms with Crippen molar-refractivity contribution in [1.82, 2.24) is 30.2 Å². The van der Waals surface area contributed by atoms with E-state index in [-0.39, 0.29) is 75.6 Å². The molecule has 18 nitrogen and oxygen atoms in total. The van der Waals surface area contributed by atoms with Gasteiger partial charge in [0.1, 0.15) is 61.9 Å². The number of nitrogens with one attached hydrogen (secondary N) is 3. The Morgan fingerprint density at radius 1 is 0.750 bits per heavy atom. The lowest BCUT2D eigenvalue weighted by Crippen LogP contribution is -2.41. The number of hydrogen-bond donors (Lipinski definition) is 5. The first-order valence-corrected chi connectivity index (χ1v) is 29.9. The number of imidazole rings is 1. The third-order valence-electron chi connectivity index (χ3n) is 17.4. The molecule has 7 aliphatic heterocycles. The molecule has 432 valence electrons. The van der Waals surface area contributed by atoms with Gasteiger partial charge in [-0.2, -0.15) is 4.98 Å². The highest BCUT2D eigenvalue weighted by molar-refractivity contribution is 6.33. The zero-order valence-corrected chi connectivity index (χ0v) is 47.2. The van der Waals surface area contributed by atoms with Gasteiger partial charge in [-0.3, -0.25) is 9.59 Å². The Bertz CT molecular complexity index is 3910. The third-order valence-corrected chi connectivity index (χ3v) is 17.7. The van der Waals surface area contributed by atoms with Gasteiger partial charge in [0.2, 0.25) is 11.3 Å². The van der Waals surface area contributed by atoms with Crippen LogP contribution in [0.1, 0.15) is 92.6 Å². The van der Waals surface area contributed by atoms with Crippen LogP contribution in [0.4, 0.5) is 5.69 Å². The molecule has 7 aromatic rings. The SMILES string of the molecule is O=C(COCCNC(=O)c1ccc(C(=O)O)c(C2=c3cc4c5c(c3Oc3c2cc2c6c3CCCN6CCCC2)CCC[N+]=5CCCC4)c1)NCCOc1ccc(-c2ccc(-c3nc4nc(O[C@@H]5CO[C@H]6[C@@H]5OC[C@H]6O)[nH]c4cc3Cl)cc2)cc1. The van der Waals surface area contributed by atoms with Gasteiger partial charge in [-0.15, -0.1) is 0 Å². The van der Waals surface area contributed by atoms with Crippen LogP contribution >= 0.6 is 11.6 Å². The first-order valence-electron chi connectivity index (χ1n) is 29.5. The van der Waals surface area contributed by atoms with Gasteiger partial charge in [0.25, 0.3) is 11.9 Å². The number of rotatable bonds is 16. The van der Waals surface area contributed by atoms with Crippen LogP contribution in [-0.4, -0.2) is 140 Å². The number of halogens is 1. The van der Waals surface area contributed by atoms with E-state index >= 15 is 0 Å². The molecule has 14 rings (SSSR count). The Balaban J connectivity index is 0.587. The molecular weight excluding hydrogens is 1090 g/mol. The smallest absolute Gasteiger partial charge is 0.336 e. The van der Waals surface area contributed by atoms with Gasteiger partial charge in [-0.25, -0.2) is 14.4 Å². The number of amides is 2. The number of carboxylic acids is 1. The Labute approximate surface area is 489 Å². The summed E-state index contributed by atoms with van der Waals surface area (Å²) >= 11 is 6.72. The minimum absolute atomic E-state index is 0.0839. The number of hydrogen-bond acceptors (Lipinski definition) is 13. The lowest BCUT2D eigenvalue weighted by molar-refractivity contribution is -0.125. The number of anilines is 1. The van der Waals surface area contributed by atoms with Crippen LogP contribution in [0.3, 0.4) is 0 Å². The number of carbonyl (C=O) groups excluding carboxylic acids is 2. The second-order valence-corrected chi connectivity index (χ2v) is 23.2. The number of aliphatic hydroxyl groups excluding tert-OH is 1. The van der Waals surface area contributed by atoms with E-state index in [1.165, 1.54) is 33.3 Å². The molecule has 0 bridgehead atoms. The molecule has 2 amide bonds. The van der Waals surface area contributed by atoms with Gasteiger partial charge >= 0.3 is 5.97 Å². The number of aromatic carboxylic acids is 1. The molecule has 7 aliphatic rings. The molecule has 9 heterocycles. The van der Waals surface area contributed by atoms with E-state index in [2.05, 4.69) is 42.2 Å². The van der Waals surface area contributed by atoms with Gasteiger partial charge < -0.3 is 59.2 Å². The number of carboxylic acid groups (broad SMARTS) is 1. The van der Waals surface area contributed by atoms with E-state index < -0.39 is 24.3 Å². The molecule has 2 saturated heterocycles. The zero-order valence-electron chi connectivity index (χ0n) is 46.5. The Hall–Kier alpha value is -7.87. The summed E-state index contributed by atoms with van der Waals surface area (Å²) in [6.45, 7) is 5.05. The minimum Gasteiger partial charge on any atom is -0.492 e. The van der Waals surface area contributed by atoms with Gasteiger partial charge in [0.15, 0.2) is 11.8 Å². The number of nitrogens with zero attached hydrogens (tertiary/aromatic N) is 4. The molecule has 0 radical (unpaired) electrons. The van der Waals surface area contributed by atoms with Gasteiger partial charge in [-0.05, 0) is 122 Å². The first kappa shape index (κ1) is 54.1. The normalized spacial score (nSPS) is 20.1. The van der Waals surface area contributed by atoms with Crippen LogP contribution in [0.25, 0.3) is 39.1 Å². The molecule has 0 aliphatic carbocycles. The number of aromatic nitrogens is 3. The number of fused-ring (bicyclic) bond motifs is 6. The number of carbonyl (C=O) groups is 3. The number of benzene rings is 5. The van der Waals surface area contributed by atoms with Crippen molar-refractivity contribution in [3.05, 3.63) is 145 Å². The molecular formula is C65H65ClN7O11+. The summed E-state index contributed by atoms with van der Waals surface area (Å²) in [4.78, 5) is 54.9. The largest absolute Gasteiger partial charge is 0.492 e. The fourth-order valence-corrected chi connectivity index (χ4v) is 13.8. The Morgan fingerprint density at radius 2 is 1.51 bits per heavy atom. The lowest BCUT2D eigenvalue weighted by Gasteiger charge is -2.35. The van der Waals surface area contributed by atoms with Crippen molar-refractivity contribution in [2.24, 2.45) is 0 Å². The van der Waals surface area contributed by atoms with E-state index in [4.69, 9.17) is 45.0 Å². The van der Waals surface area contributed by atoms with E-state index in [1.807, 2.05) is 48.5 Å². The predicted molar refractivity (Wildman–Crippen MR) is 314 cm³/mol. The third kappa shape index (κ3) is 10.3. The van der Waals surface area contributed by atoms with Crippen molar-refractivity contribution >= 4 is 51.8 Å². The molecule has 4 atom stereocenters. The zero-order chi connectivity index (χ0) is 57.0. The quantitative estimate of drug-likeness (QED) is 0.0502. The standard InChI is InChI=1S/C65H64ClN7O11/c66-49-32-50-62(71-65(69-50)83-52-34-82-60-51(74)33-81-61(52)60)70-55(49)38-13-11-36(12-14-38)37-15-18-42(19-16-37)80-28-22-67-53(75)35-79-27-21-68-63(76)41-17-20-43(64(77)78)46(31-41)54-47-29-39-7-1-3-23-72-25-5-9-44(56(39)72)58(47)84-59-45-10-6-26-73-24-4-2-8-40(57(45)73)30-48(54)59/h11-20,29-32,51-52,60-61,74H,1-10,21-28,33-35H2,(H3-,67,68,69,70,71,75,76,77,78)/p+1/t51-,52-,60-,61-/m1/s1. The van der Waals surface area contributed by atoms with Crippen LogP contribution in [0.2, 0.25) is 5.02 Å². The van der Waals surface area contributed by atoms with Crippen molar-refractivity contribution in [1.29, 1.82) is 0 Å². The highest BCUT2D eigenvalue weighted by Gasteiger charge is 2.49. The van der Waals surface area contributed by atoms with Gasteiger partial charge in [0.05, 0.1) is 53.7 Å². The van der Waals surface area contributed by atoms with Crippen molar-refractivity contribution in [2.45, 2.75) is 88.6 Å². The average Bonchev–Trinajstić information content (AvgIpc) is 1.30. The first-order chi connectivity index (χ1) is 41.1. The average molecular weight is 1160 g/mol. The number of H-pyrrole nitrogens is 1. The molecule has 0 spiro atoms. The summed E-state index contributed by atoms with van der Waals surface area (Å²) in [6.07, 6.45) is 8.18. The fourth-order valence-electron chi connectivity index (χ4n) is 13.5. The van der Waals surface area contributed by atoms with E-state index in [0.29, 0.717) is 38.8 Å². The topological polar surface area (TPSA) is 219 Å². The summed E-state index contributed by atoms with van der Waals surface area (Å²) in [5.74, 6) is 0.527. The van der Waals surface area contributed by atoms with Crippen molar-refractivity contribution in [3.63, 3.8) is 0 Å². The van der Waals surface area contributed by atoms with Crippen LogP contribution < -0.4 is 44.9 Å². The number of aliphatic hydroxyl groups is 1. The maximum absolute atomic E-state index is 14.0. The molecule has 5 aromatic carbocycles. The van der Waals surface area contributed by atoms with Crippen LogP contribution in [0.15, 0.2) is 84.9 Å². The van der Waals surface area contributed by atoms with Gasteiger partial charge in [-0.1, -0.05) is 48.0 Å². The Morgan fingerprint density at radius 3 is 2.37 bits per heavy atom. The number of aryl methyl sites for hydroxylation is 2. The summed E-state index contributed by atoms with van der Waals surface area (Å²) in [7, 11) is 0. The second kappa shape index (κ2) is 22.9. The molecule has 2 fully saturated rings. The summed E-state index contributed by atoms with van der Waals surface area (Å²) in [5.41, 5.74) is 13.3. The minimum atomic E-state index is -1.07. The predicted octanol–water partition coefficient (Wildman–Crippen LogP) is 6.71. The van der Waals surface area contributed by atoms with Crippen molar-refractivity contribution in [3.8, 4) is 45.6 Å². The Kier molecular flexibility index (Phi) is 14.8. The van der Waals surface area contributed by atoms with Crippen molar-refractivity contribution < 1.29 is 53.0 Å². The van der Waals surface area contributed by atoms with E-state index in [1.54, 1.807) is 24.3 Å². The summed E-state index contributed by atoms with van der Waals surface area (Å²) < 4.78 is 38.8. The van der Waals surface area contributed by atoms with Crippen LogP contribution in [0, 0.1) is 0 Å². The highest BCUT2D eigenvalue weighted by Crippen LogP contribution is 2.49. The number of pyridine rings is 1. The molecule has 2 aromatic heterocycles.